The smallest absolute Gasteiger partial charge is 0.249 e. The second-order valence-electron chi connectivity index (χ2n) is 7.95. The summed E-state index contributed by atoms with van der Waals surface area (Å²) >= 11 is 0. The first kappa shape index (κ1) is 25.6. The van der Waals surface area contributed by atoms with Crippen molar-refractivity contribution in [2.75, 3.05) is 13.2 Å². The second-order valence-corrected chi connectivity index (χ2v) is 7.95. The summed E-state index contributed by atoms with van der Waals surface area (Å²) in [6.45, 7) is 8.70. The number of hydrogen-bond acceptors (Lipinski definition) is 4. The minimum Gasteiger partial charge on any atom is -0.489 e. The molecule has 1 unspecified atom stereocenters. The number of ether oxygens (including phenoxy) is 1. The molecule has 1 aromatic carbocycles. The molecule has 0 radical (unpaired) electrons. The van der Waals surface area contributed by atoms with Crippen LogP contribution in [0.2, 0.25) is 0 Å². The minimum absolute atomic E-state index is 0.00194. The molecule has 4 N–H and O–H groups in total. The Balaban J connectivity index is 0.00000176. The molecule has 0 saturated heterocycles. The number of allylic oxidation sites excluding steroid dienone is 2. The number of primary amides is 1. The van der Waals surface area contributed by atoms with Crippen LogP contribution in [0.4, 0.5) is 8.78 Å². The van der Waals surface area contributed by atoms with Gasteiger partial charge in [-0.2, -0.15) is 0 Å². The lowest BCUT2D eigenvalue weighted by Gasteiger charge is -2.40. The lowest BCUT2D eigenvalue weighted by molar-refractivity contribution is 0.0996. The highest BCUT2D eigenvalue weighted by Crippen LogP contribution is 2.36. The lowest BCUT2D eigenvalue weighted by Crippen LogP contribution is -2.50. The maximum absolute atomic E-state index is 14.0. The van der Waals surface area contributed by atoms with Gasteiger partial charge in [-0.3, -0.25) is 4.79 Å². The molecule has 7 heteroatoms. The summed E-state index contributed by atoms with van der Waals surface area (Å²) in [6.07, 6.45) is 9.85. The van der Waals surface area contributed by atoms with Crippen molar-refractivity contribution >= 4 is 5.91 Å². The Bertz CT molecular complexity index is 833. The summed E-state index contributed by atoms with van der Waals surface area (Å²) in [7, 11) is 0. The van der Waals surface area contributed by atoms with Gasteiger partial charge < -0.3 is 21.1 Å². The Morgan fingerprint density at radius 3 is 2.72 bits per heavy atom. The topological polar surface area (TPSA) is 76.4 Å². The highest BCUT2D eigenvalue weighted by Gasteiger charge is 2.33. The van der Waals surface area contributed by atoms with Crippen molar-refractivity contribution in [3.8, 4) is 5.75 Å². The van der Waals surface area contributed by atoms with E-state index in [1.807, 2.05) is 20.0 Å². The van der Waals surface area contributed by atoms with E-state index in [4.69, 9.17) is 10.5 Å². The zero-order chi connectivity index (χ0) is 23.5. The lowest BCUT2D eigenvalue weighted by atomic mass is 9.75. The summed E-state index contributed by atoms with van der Waals surface area (Å²) in [6, 6.07) is 2.98. The van der Waals surface area contributed by atoms with Crippen LogP contribution in [0.25, 0.3) is 0 Å². The average molecular weight is 448 g/mol. The van der Waals surface area contributed by atoms with Gasteiger partial charge >= 0.3 is 0 Å². The van der Waals surface area contributed by atoms with Crippen molar-refractivity contribution in [2.45, 2.75) is 58.0 Å². The Kier molecular flexibility index (Phi) is 10.4. The zero-order valence-electron chi connectivity index (χ0n) is 19.0. The monoisotopic (exact) mass is 447 g/mol. The first-order valence-electron chi connectivity index (χ1n) is 11.3. The second kappa shape index (κ2) is 13.0. The highest BCUT2D eigenvalue weighted by atomic mass is 19.1. The Morgan fingerprint density at radius 1 is 1.31 bits per heavy atom. The molecule has 1 aromatic rings. The van der Waals surface area contributed by atoms with Crippen molar-refractivity contribution in [1.82, 2.24) is 10.6 Å². The van der Waals surface area contributed by atoms with Gasteiger partial charge in [0.05, 0.1) is 6.33 Å². The molecule has 0 bridgehead atoms. The molecule has 1 saturated carbocycles. The Morgan fingerprint density at radius 2 is 2.06 bits per heavy atom. The van der Waals surface area contributed by atoms with Crippen molar-refractivity contribution in [3.05, 3.63) is 65.9 Å². The number of halogens is 2. The van der Waals surface area contributed by atoms with E-state index < -0.39 is 11.7 Å². The van der Waals surface area contributed by atoms with Crippen LogP contribution < -0.4 is 21.1 Å². The van der Waals surface area contributed by atoms with Crippen LogP contribution in [0.5, 0.6) is 5.75 Å². The molecule has 32 heavy (non-hydrogen) atoms. The van der Waals surface area contributed by atoms with Gasteiger partial charge in [-0.25, -0.2) is 8.78 Å². The van der Waals surface area contributed by atoms with E-state index in [1.165, 1.54) is 18.2 Å². The summed E-state index contributed by atoms with van der Waals surface area (Å²) in [5.74, 6) is -0.379. The molecule has 1 aliphatic carbocycles. The van der Waals surface area contributed by atoms with Gasteiger partial charge in [0, 0.05) is 29.8 Å². The van der Waals surface area contributed by atoms with Crippen molar-refractivity contribution < 1.29 is 18.3 Å². The van der Waals surface area contributed by atoms with Crippen LogP contribution in [0.15, 0.2) is 49.0 Å². The molecule has 3 rings (SSSR count). The first-order valence-corrected chi connectivity index (χ1v) is 11.3. The predicted molar refractivity (Wildman–Crippen MR) is 125 cm³/mol. The largest absolute Gasteiger partial charge is 0.489 e. The molecule has 1 aliphatic heterocycles. The third kappa shape index (κ3) is 6.92. The molecule has 0 spiro atoms. The number of hydrogen-bond donors (Lipinski definition) is 3. The molecule has 1 atom stereocenters. The van der Waals surface area contributed by atoms with Gasteiger partial charge in [-0.1, -0.05) is 31.6 Å². The molecular formula is C25H35F2N3O2. The fraction of sp³-hybridized carbons (Fsp3) is 0.480. The SMILES string of the molecule is C=CCN/C=C(\C/C=C/F)CC1CC(NC2COc3c(F)ccc(C(N)=O)c3C2)C1.CC. The normalized spacial score (nSPS) is 22.1. The maximum atomic E-state index is 14.0. The van der Waals surface area contributed by atoms with Gasteiger partial charge in [0.1, 0.15) is 6.61 Å². The summed E-state index contributed by atoms with van der Waals surface area (Å²) in [5, 5.41) is 6.72. The third-order valence-electron chi connectivity index (χ3n) is 5.65. The molecular weight excluding hydrogens is 412 g/mol. The third-order valence-corrected chi connectivity index (χ3v) is 5.65. The minimum atomic E-state index is -0.578. The average Bonchev–Trinajstić information content (AvgIpc) is 2.77. The molecule has 1 fully saturated rings. The van der Waals surface area contributed by atoms with Crippen molar-refractivity contribution in [3.63, 3.8) is 0 Å². The van der Waals surface area contributed by atoms with Crippen LogP contribution in [0.3, 0.4) is 0 Å². The Labute approximate surface area is 189 Å². The highest BCUT2D eigenvalue weighted by molar-refractivity contribution is 5.95. The molecule has 1 heterocycles. The van der Waals surface area contributed by atoms with Gasteiger partial charge in [0.2, 0.25) is 5.91 Å². The van der Waals surface area contributed by atoms with Crippen LogP contribution in [0, 0.1) is 11.7 Å². The number of benzene rings is 1. The quantitative estimate of drug-likeness (QED) is 0.363. The number of nitrogens with one attached hydrogen (secondary N) is 2. The van der Waals surface area contributed by atoms with Crippen LogP contribution in [-0.2, 0) is 6.42 Å². The number of nitrogens with two attached hydrogens (primary N) is 1. The summed E-state index contributed by atoms with van der Waals surface area (Å²) in [5.41, 5.74) is 7.44. The van der Waals surface area contributed by atoms with Gasteiger partial charge in [-0.15, -0.1) is 6.58 Å². The predicted octanol–water partition coefficient (Wildman–Crippen LogP) is 4.55. The number of amides is 1. The number of rotatable bonds is 10. The number of carbonyl (C=O) groups is 1. The van der Waals surface area contributed by atoms with E-state index in [0.29, 0.717) is 55.4 Å². The number of carbonyl (C=O) groups excluding carboxylic acids is 1. The number of fused-ring (bicyclic) bond motifs is 1. The fourth-order valence-corrected chi connectivity index (χ4v) is 4.21. The zero-order valence-corrected chi connectivity index (χ0v) is 19.0. The molecule has 2 aliphatic rings. The van der Waals surface area contributed by atoms with E-state index in [1.54, 1.807) is 6.08 Å². The van der Waals surface area contributed by atoms with E-state index in [0.717, 1.165) is 24.8 Å². The molecule has 1 amide bonds. The fourth-order valence-electron chi connectivity index (χ4n) is 4.21. The van der Waals surface area contributed by atoms with Gasteiger partial charge in [0.25, 0.3) is 0 Å². The van der Waals surface area contributed by atoms with E-state index >= 15 is 0 Å². The van der Waals surface area contributed by atoms with Gasteiger partial charge in [-0.05, 0) is 56.4 Å². The van der Waals surface area contributed by atoms with Crippen LogP contribution in [0.1, 0.15) is 55.5 Å². The first-order chi connectivity index (χ1) is 15.5. The van der Waals surface area contributed by atoms with Crippen LogP contribution in [-0.4, -0.2) is 31.1 Å². The standard InChI is InChI=1S/C23H29F2N3O2.C2H6/c1-2-8-27-13-15(4-3-7-24)9-16-10-17(11-16)28-18-12-20-19(23(26)29)5-6-21(25)22(20)30-14-18;1-2/h2-3,5-7,13,16-18,27-28H,1,4,8-12,14H2,(H2,26,29);1-2H3/b7-3+,15-13+;. The van der Waals surface area contributed by atoms with Crippen molar-refractivity contribution in [2.24, 2.45) is 11.7 Å². The maximum Gasteiger partial charge on any atom is 0.249 e. The molecule has 0 aromatic heterocycles. The summed E-state index contributed by atoms with van der Waals surface area (Å²) < 4.78 is 32.0. The van der Waals surface area contributed by atoms with E-state index in [2.05, 4.69) is 17.2 Å². The van der Waals surface area contributed by atoms with Crippen LogP contribution >= 0.6 is 0 Å². The Hall–Kier alpha value is -2.67. The molecule has 5 nitrogen and oxygen atoms in total. The van der Waals surface area contributed by atoms with Gasteiger partial charge in [0.15, 0.2) is 11.6 Å². The van der Waals surface area contributed by atoms with Crippen molar-refractivity contribution in [1.29, 1.82) is 0 Å². The molecule has 176 valence electrons. The summed E-state index contributed by atoms with van der Waals surface area (Å²) in [4.78, 5) is 11.7. The van der Waals surface area contributed by atoms with E-state index in [-0.39, 0.29) is 11.8 Å². The van der Waals surface area contributed by atoms with E-state index in [9.17, 15) is 13.6 Å².